The van der Waals surface area contributed by atoms with Gasteiger partial charge in [0.15, 0.2) is 5.82 Å². The summed E-state index contributed by atoms with van der Waals surface area (Å²) < 4.78 is 1.87. The number of benzene rings is 2. The van der Waals surface area contributed by atoms with Crippen molar-refractivity contribution in [3.63, 3.8) is 0 Å². The molecule has 1 aromatic heterocycles. The fraction of sp³-hybridized carbons (Fsp3) is 0.188. The Labute approximate surface area is 118 Å². The van der Waals surface area contributed by atoms with Crippen LogP contribution in [0.4, 0.5) is 0 Å². The SMILES string of the molecule is c1ccc(CCc2nnnn2Cc2ccccc2)cc1. The minimum absolute atomic E-state index is 0.720. The first-order valence-corrected chi connectivity index (χ1v) is 6.75. The van der Waals surface area contributed by atoms with Crippen molar-refractivity contribution in [1.29, 1.82) is 0 Å². The van der Waals surface area contributed by atoms with E-state index in [0.717, 1.165) is 25.2 Å². The van der Waals surface area contributed by atoms with Crippen molar-refractivity contribution in [3.8, 4) is 0 Å². The zero-order valence-electron chi connectivity index (χ0n) is 11.2. The van der Waals surface area contributed by atoms with Gasteiger partial charge in [-0.05, 0) is 28.0 Å². The summed E-state index contributed by atoms with van der Waals surface area (Å²) in [6.45, 7) is 0.720. The van der Waals surface area contributed by atoms with Crippen LogP contribution in [0.2, 0.25) is 0 Å². The van der Waals surface area contributed by atoms with Crippen LogP contribution in [0.1, 0.15) is 17.0 Å². The quantitative estimate of drug-likeness (QED) is 0.711. The predicted octanol–water partition coefficient (Wildman–Crippen LogP) is 2.51. The monoisotopic (exact) mass is 264 g/mol. The largest absolute Gasteiger partial charge is 0.225 e. The molecule has 0 bridgehead atoms. The Morgan fingerprint density at radius 3 is 2.10 bits per heavy atom. The lowest BCUT2D eigenvalue weighted by Crippen LogP contribution is -2.08. The van der Waals surface area contributed by atoms with E-state index < -0.39 is 0 Å². The third-order valence-electron chi connectivity index (χ3n) is 3.26. The number of tetrazole rings is 1. The van der Waals surface area contributed by atoms with Crippen molar-refractivity contribution in [2.75, 3.05) is 0 Å². The molecule has 0 N–H and O–H groups in total. The third kappa shape index (κ3) is 3.09. The summed E-state index contributed by atoms with van der Waals surface area (Å²) in [6.07, 6.45) is 1.81. The van der Waals surface area contributed by atoms with Gasteiger partial charge in [0, 0.05) is 6.42 Å². The zero-order chi connectivity index (χ0) is 13.6. The second-order valence-electron chi connectivity index (χ2n) is 4.72. The van der Waals surface area contributed by atoms with E-state index in [1.54, 1.807) is 0 Å². The highest BCUT2D eigenvalue weighted by atomic mass is 15.5. The molecule has 3 aromatic rings. The van der Waals surface area contributed by atoms with Crippen molar-refractivity contribution in [2.45, 2.75) is 19.4 Å². The molecule has 3 rings (SSSR count). The lowest BCUT2D eigenvalue weighted by atomic mass is 10.1. The van der Waals surface area contributed by atoms with Crippen LogP contribution in [0.25, 0.3) is 0 Å². The lowest BCUT2D eigenvalue weighted by Gasteiger charge is -2.05. The maximum Gasteiger partial charge on any atom is 0.151 e. The number of aromatic nitrogens is 4. The molecular formula is C16H16N4. The first-order valence-electron chi connectivity index (χ1n) is 6.75. The molecule has 100 valence electrons. The summed E-state index contributed by atoms with van der Waals surface area (Å²) >= 11 is 0. The van der Waals surface area contributed by atoms with Gasteiger partial charge in [0.25, 0.3) is 0 Å². The van der Waals surface area contributed by atoms with Crippen LogP contribution in [0.5, 0.6) is 0 Å². The van der Waals surface area contributed by atoms with E-state index in [4.69, 9.17) is 0 Å². The van der Waals surface area contributed by atoms with Crippen molar-refractivity contribution in [2.24, 2.45) is 0 Å². The highest BCUT2D eigenvalue weighted by molar-refractivity contribution is 5.16. The van der Waals surface area contributed by atoms with Crippen LogP contribution in [-0.4, -0.2) is 20.2 Å². The number of hydrogen-bond acceptors (Lipinski definition) is 3. The van der Waals surface area contributed by atoms with Crippen molar-refractivity contribution < 1.29 is 0 Å². The molecule has 2 aromatic carbocycles. The van der Waals surface area contributed by atoms with Crippen LogP contribution < -0.4 is 0 Å². The molecule has 0 atom stereocenters. The van der Waals surface area contributed by atoms with Crippen LogP contribution in [0, 0.1) is 0 Å². The molecule has 0 saturated carbocycles. The molecule has 4 nitrogen and oxygen atoms in total. The Morgan fingerprint density at radius 2 is 1.40 bits per heavy atom. The first kappa shape index (κ1) is 12.5. The maximum absolute atomic E-state index is 4.13. The standard InChI is InChI=1S/C16H16N4/c1-3-7-14(8-4-1)11-12-16-17-18-19-20(16)13-15-9-5-2-6-10-15/h1-10H,11-13H2. The molecule has 1 heterocycles. The Hall–Kier alpha value is -2.49. The lowest BCUT2D eigenvalue weighted by molar-refractivity contribution is 0.615. The zero-order valence-corrected chi connectivity index (χ0v) is 11.2. The fourth-order valence-electron chi connectivity index (χ4n) is 2.18. The van der Waals surface area contributed by atoms with Gasteiger partial charge in [-0.3, -0.25) is 0 Å². The van der Waals surface area contributed by atoms with E-state index in [-0.39, 0.29) is 0 Å². The minimum atomic E-state index is 0.720. The average Bonchev–Trinajstić information content (AvgIpc) is 2.94. The van der Waals surface area contributed by atoms with Gasteiger partial charge < -0.3 is 0 Å². The molecule has 0 spiro atoms. The highest BCUT2D eigenvalue weighted by Gasteiger charge is 2.06. The van der Waals surface area contributed by atoms with Gasteiger partial charge in [-0.1, -0.05) is 60.7 Å². The summed E-state index contributed by atoms with van der Waals surface area (Å²) in [5.41, 5.74) is 2.52. The Bertz CT molecular complexity index is 647. The Morgan fingerprint density at radius 1 is 0.750 bits per heavy atom. The van der Waals surface area contributed by atoms with Gasteiger partial charge in [0.2, 0.25) is 0 Å². The Balaban J connectivity index is 1.68. The summed E-state index contributed by atoms with van der Waals surface area (Å²) in [6, 6.07) is 20.7. The number of hydrogen-bond donors (Lipinski definition) is 0. The van der Waals surface area contributed by atoms with Crippen LogP contribution in [0.3, 0.4) is 0 Å². The Kier molecular flexibility index (Phi) is 3.83. The van der Waals surface area contributed by atoms with Crippen LogP contribution in [0.15, 0.2) is 60.7 Å². The summed E-state index contributed by atoms with van der Waals surface area (Å²) in [5.74, 6) is 0.928. The van der Waals surface area contributed by atoms with Gasteiger partial charge in [-0.2, -0.15) is 0 Å². The molecule has 0 saturated heterocycles. The number of aryl methyl sites for hydroxylation is 2. The number of nitrogens with zero attached hydrogens (tertiary/aromatic N) is 4. The first-order chi connectivity index (χ1) is 9.92. The molecular weight excluding hydrogens is 248 g/mol. The van der Waals surface area contributed by atoms with E-state index >= 15 is 0 Å². The van der Waals surface area contributed by atoms with Crippen molar-refractivity contribution in [1.82, 2.24) is 20.2 Å². The summed E-state index contributed by atoms with van der Waals surface area (Å²) in [4.78, 5) is 0. The molecule has 0 fully saturated rings. The van der Waals surface area contributed by atoms with Gasteiger partial charge in [-0.15, -0.1) is 5.10 Å². The molecule has 0 unspecified atom stereocenters. The van der Waals surface area contributed by atoms with Crippen molar-refractivity contribution >= 4 is 0 Å². The average molecular weight is 264 g/mol. The second kappa shape index (κ2) is 6.10. The van der Waals surface area contributed by atoms with Gasteiger partial charge in [0.1, 0.15) is 0 Å². The number of rotatable bonds is 5. The predicted molar refractivity (Wildman–Crippen MR) is 77.2 cm³/mol. The second-order valence-corrected chi connectivity index (χ2v) is 4.72. The summed E-state index contributed by atoms with van der Waals surface area (Å²) in [5, 5.41) is 12.0. The molecule has 0 aliphatic heterocycles. The van der Waals surface area contributed by atoms with Gasteiger partial charge in [-0.25, -0.2) is 4.68 Å². The van der Waals surface area contributed by atoms with E-state index in [1.807, 2.05) is 28.9 Å². The van der Waals surface area contributed by atoms with Gasteiger partial charge >= 0.3 is 0 Å². The molecule has 0 radical (unpaired) electrons. The highest BCUT2D eigenvalue weighted by Crippen LogP contribution is 2.07. The smallest absolute Gasteiger partial charge is 0.151 e. The minimum Gasteiger partial charge on any atom is -0.225 e. The van der Waals surface area contributed by atoms with E-state index in [9.17, 15) is 0 Å². The molecule has 0 aliphatic carbocycles. The topological polar surface area (TPSA) is 43.6 Å². The molecule has 0 amide bonds. The molecule has 4 heteroatoms. The van der Waals surface area contributed by atoms with E-state index in [0.29, 0.717) is 0 Å². The normalized spacial score (nSPS) is 10.6. The molecule has 20 heavy (non-hydrogen) atoms. The van der Waals surface area contributed by atoms with Crippen LogP contribution >= 0.6 is 0 Å². The third-order valence-corrected chi connectivity index (χ3v) is 3.26. The van der Waals surface area contributed by atoms with E-state index in [2.05, 4.69) is 51.9 Å². The van der Waals surface area contributed by atoms with Crippen molar-refractivity contribution in [3.05, 3.63) is 77.6 Å². The summed E-state index contributed by atoms with van der Waals surface area (Å²) in [7, 11) is 0. The maximum atomic E-state index is 4.13. The fourth-order valence-corrected chi connectivity index (χ4v) is 2.18. The van der Waals surface area contributed by atoms with Crippen LogP contribution in [-0.2, 0) is 19.4 Å². The van der Waals surface area contributed by atoms with E-state index in [1.165, 1.54) is 11.1 Å². The molecule has 0 aliphatic rings. The van der Waals surface area contributed by atoms with Gasteiger partial charge in [0.05, 0.1) is 6.54 Å².